The summed E-state index contributed by atoms with van der Waals surface area (Å²) in [5.74, 6) is -2.39. The number of rotatable bonds is 3. The van der Waals surface area contributed by atoms with E-state index >= 15 is 0 Å². The van der Waals surface area contributed by atoms with Crippen molar-refractivity contribution in [1.82, 2.24) is 5.16 Å². The molecule has 0 spiro atoms. The summed E-state index contributed by atoms with van der Waals surface area (Å²) in [6, 6.07) is 4.11. The van der Waals surface area contributed by atoms with Crippen LogP contribution in [0.15, 0.2) is 22.7 Å². The maximum absolute atomic E-state index is 11.9. The second-order valence-corrected chi connectivity index (χ2v) is 4.73. The van der Waals surface area contributed by atoms with Crippen molar-refractivity contribution in [3.8, 4) is 0 Å². The highest BCUT2D eigenvalue weighted by molar-refractivity contribution is 6.36. The predicted molar refractivity (Wildman–Crippen MR) is 72.6 cm³/mol. The van der Waals surface area contributed by atoms with Crippen LogP contribution in [0, 0.1) is 6.92 Å². The van der Waals surface area contributed by atoms with Crippen molar-refractivity contribution in [3.05, 3.63) is 45.3 Å². The van der Waals surface area contributed by atoms with Crippen LogP contribution in [0.3, 0.4) is 0 Å². The molecule has 6 nitrogen and oxygen atoms in total. The number of halogens is 2. The summed E-state index contributed by atoms with van der Waals surface area (Å²) in [5.41, 5.74) is 0.895. The van der Waals surface area contributed by atoms with Crippen LogP contribution in [0.1, 0.15) is 26.6 Å². The van der Waals surface area contributed by atoms with Crippen LogP contribution < -0.4 is 5.32 Å². The summed E-state index contributed by atoms with van der Waals surface area (Å²) in [6.45, 7) is 1.77. The normalized spacial score (nSPS) is 10.3. The van der Waals surface area contributed by atoms with Crippen LogP contribution in [0.25, 0.3) is 0 Å². The van der Waals surface area contributed by atoms with Gasteiger partial charge in [0.1, 0.15) is 0 Å². The van der Waals surface area contributed by atoms with Gasteiger partial charge >= 0.3 is 5.97 Å². The topological polar surface area (TPSA) is 92.4 Å². The molecule has 0 fully saturated rings. The number of benzene rings is 1. The van der Waals surface area contributed by atoms with Gasteiger partial charge < -0.3 is 14.9 Å². The van der Waals surface area contributed by atoms with Gasteiger partial charge in [-0.2, -0.15) is 0 Å². The van der Waals surface area contributed by atoms with E-state index in [2.05, 4.69) is 15.0 Å². The maximum Gasteiger partial charge on any atom is 0.374 e. The SMILES string of the molecule is Cc1cc(Cl)c(NC(=O)c2cc(C(=O)O)on2)cc1Cl. The molecular formula is C12H8Cl2N2O4. The monoisotopic (exact) mass is 314 g/mol. The molecule has 2 aromatic rings. The van der Waals surface area contributed by atoms with Gasteiger partial charge in [-0.05, 0) is 24.6 Å². The van der Waals surface area contributed by atoms with Crippen LogP contribution in [0.5, 0.6) is 0 Å². The Morgan fingerprint density at radius 1 is 1.25 bits per heavy atom. The number of carbonyl (C=O) groups is 2. The first-order valence-corrected chi connectivity index (χ1v) is 6.11. The lowest BCUT2D eigenvalue weighted by atomic mass is 10.2. The number of nitrogens with zero attached hydrogens (tertiary/aromatic N) is 1. The summed E-state index contributed by atoms with van der Waals surface area (Å²) in [5, 5.41) is 15.3. The summed E-state index contributed by atoms with van der Waals surface area (Å²) in [4.78, 5) is 22.5. The minimum atomic E-state index is -1.31. The molecule has 0 aliphatic heterocycles. The standard InChI is InChI=1S/C12H8Cl2N2O4/c1-5-2-7(14)8(3-6(5)13)15-11(17)9-4-10(12(18)19)20-16-9/h2-4H,1H3,(H,15,17)(H,18,19). The van der Waals surface area contributed by atoms with Crippen LogP contribution in [0.4, 0.5) is 5.69 Å². The van der Waals surface area contributed by atoms with Gasteiger partial charge in [0.2, 0.25) is 5.76 Å². The van der Waals surface area contributed by atoms with Crippen LogP contribution in [-0.2, 0) is 0 Å². The van der Waals surface area contributed by atoms with Gasteiger partial charge in [-0.3, -0.25) is 4.79 Å². The number of carboxylic acids is 1. The Morgan fingerprint density at radius 3 is 2.55 bits per heavy atom. The molecule has 0 radical (unpaired) electrons. The second kappa shape index (κ2) is 5.52. The summed E-state index contributed by atoms with van der Waals surface area (Å²) < 4.78 is 4.49. The van der Waals surface area contributed by atoms with E-state index in [0.29, 0.717) is 15.7 Å². The molecule has 8 heteroatoms. The number of hydrogen-bond donors (Lipinski definition) is 2. The third-order valence-electron chi connectivity index (χ3n) is 2.45. The van der Waals surface area contributed by atoms with E-state index in [9.17, 15) is 9.59 Å². The molecule has 0 atom stereocenters. The van der Waals surface area contributed by atoms with Gasteiger partial charge in [0.15, 0.2) is 5.69 Å². The van der Waals surface area contributed by atoms with Crippen molar-refractivity contribution in [2.24, 2.45) is 0 Å². The number of anilines is 1. The van der Waals surface area contributed by atoms with Crippen LogP contribution in [0.2, 0.25) is 10.0 Å². The van der Waals surface area contributed by atoms with E-state index < -0.39 is 17.6 Å². The van der Waals surface area contributed by atoms with Gasteiger partial charge in [-0.15, -0.1) is 0 Å². The molecule has 1 heterocycles. The predicted octanol–water partition coefficient (Wildman–Crippen LogP) is 3.24. The molecule has 0 bridgehead atoms. The molecule has 0 saturated heterocycles. The average Bonchev–Trinajstić information content (AvgIpc) is 2.85. The van der Waals surface area contributed by atoms with Crippen molar-refractivity contribution in [2.45, 2.75) is 6.92 Å². The molecule has 0 aliphatic carbocycles. The first-order valence-electron chi connectivity index (χ1n) is 5.35. The fourth-order valence-electron chi connectivity index (χ4n) is 1.41. The van der Waals surface area contributed by atoms with Gasteiger partial charge in [0.25, 0.3) is 5.91 Å². The van der Waals surface area contributed by atoms with Crippen LogP contribution in [-0.4, -0.2) is 22.1 Å². The Labute approximate surface area is 123 Å². The first-order chi connectivity index (χ1) is 9.38. The molecule has 0 saturated carbocycles. The maximum atomic E-state index is 11.9. The number of aromatic nitrogens is 1. The fourth-order valence-corrected chi connectivity index (χ4v) is 1.84. The van der Waals surface area contributed by atoms with Crippen molar-refractivity contribution in [2.75, 3.05) is 5.32 Å². The zero-order chi connectivity index (χ0) is 14.9. The summed E-state index contributed by atoms with van der Waals surface area (Å²) in [7, 11) is 0. The molecule has 0 unspecified atom stereocenters. The largest absolute Gasteiger partial charge is 0.475 e. The van der Waals surface area contributed by atoms with Gasteiger partial charge in [0, 0.05) is 11.1 Å². The lowest BCUT2D eigenvalue weighted by Gasteiger charge is -2.07. The van der Waals surface area contributed by atoms with Crippen molar-refractivity contribution >= 4 is 40.8 Å². The van der Waals surface area contributed by atoms with E-state index in [-0.39, 0.29) is 5.69 Å². The number of hydrogen-bond acceptors (Lipinski definition) is 4. The number of carboxylic acid groups (broad SMARTS) is 1. The Balaban J connectivity index is 2.23. The van der Waals surface area contributed by atoms with Crippen molar-refractivity contribution in [3.63, 3.8) is 0 Å². The van der Waals surface area contributed by atoms with E-state index in [1.54, 1.807) is 13.0 Å². The molecule has 2 N–H and O–H groups in total. The van der Waals surface area contributed by atoms with Gasteiger partial charge in [-0.1, -0.05) is 28.4 Å². The lowest BCUT2D eigenvalue weighted by Crippen LogP contribution is -2.12. The molecule has 20 heavy (non-hydrogen) atoms. The summed E-state index contributed by atoms with van der Waals surface area (Å²) >= 11 is 11.9. The smallest absolute Gasteiger partial charge is 0.374 e. The molecule has 1 aromatic carbocycles. The van der Waals surface area contributed by atoms with Crippen molar-refractivity contribution in [1.29, 1.82) is 0 Å². The van der Waals surface area contributed by atoms with E-state index in [0.717, 1.165) is 11.6 Å². The highest BCUT2D eigenvalue weighted by Crippen LogP contribution is 2.29. The molecule has 1 amide bonds. The zero-order valence-corrected chi connectivity index (χ0v) is 11.6. The molecular weight excluding hydrogens is 307 g/mol. The summed E-state index contributed by atoms with van der Waals surface area (Å²) in [6.07, 6.45) is 0. The third kappa shape index (κ3) is 2.92. The Hall–Kier alpha value is -2.05. The van der Waals surface area contributed by atoms with Gasteiger partial charge in [0.05, 0.1) is 10.7 Å². The second-order valence-electron chi connectivity index (χ2n) is 3.92. The first kappa shape index (κ1) is 14.4. The van der Waals surface area contributed by atoms with E-state index in [1.165, 1.54) is 6.07 Å². The van der Waals surface area contributed by atoms with E-state index in [4.69, 9.17) is 28.3 Å². The fraction of sp³-hybridized carbons (Fsp3) is 0.0833. The van der Waals surface area contributed by atoms with Crippen LogP contribution >= 0.6 is 23.2 Å². The lowest BCUT2D eigenvalue weighted by molar-refractivity contribution is 0.0651. The average molecular weight is 315 g/mol. The Bertz CT molecular complexity index is 697. The Morgan fingerprint density at radius 2 is 1.95 bits per heavy atom. The number of amides is 1. The quantitative estimate of drug-likeness (QED) is 0.907. The molecule has 2 rings (SSSR count). The minimum Gasteiger partial charge on any atom is -0.475 e. The highest BCUT2D eigenvalue weighted by atomic mass is 35.5. The number of carbonyl (C=O) groups excluding carboxylic acids is 1. The number of aromatic carboxylic acids is 1. The number of nitrogens with one attached hydrogen (secondary N) is 1. The number of aryl methyl sites for hydroxylation is 1. The minimum absolute atomic E-state index is 0.171. The molecule has 0 aliphatic rings. The van der Waals surface area contributed by atoms with Gasteiger partial charge in [-0.25, -0.2) is 4.79 Å². The Kier molecular flexibility index (Phi) is 3.96. The third-order valence-corrected chi connectivity index (χ3v) is 3.17. The molecule has 1 aromatic heterocycles. The van der Waals surface area contributed by atoms with Crippen molar-refractivity contribution < 1.29 is 19.2 Å². The highest BCUT2D eigenvalue weighted by Gasteiger charge is 2.17. The van der Waals surface area contributed by atoms with E-state index in [1.807, 2.05) is 0 Å². The molecule has 104 valence electrons. The zero-order valence-electron chi connectivity index (χ0n) is 10.1.